The van der Waals surface area contributed by atoms with Crippen LogP contribution in [0.25, 0.3) is 0 Å². The van der Waals surface area contributed by atoms with Crippen molar-refractivity contribution in [3.05, 3.63) is 36.5 Å². The standard InChI is InChI=1S/C38H71NO4/c1-3-5-7-9-11-13-15-16-17-18-19-20-21-23-24-26-28-30-32-36(41)35(34-40)39-38(43)37(42)33-31-29-27-25-22-14-12-10-8-6-4-2/h18-19,23-24,30,32,35-37,40-42H,3-17,20-22,25-29,31,33-34H2,1-2H3,(H,39,43)/b19-18+,24-23+,32-30+. The van der Waals surface area contributed by atoms with Crippen molar-refractivity contribution in [3.8, 4) is 0 Å². The van der Waals surface area contributed by atoms with Crippen LogP contribution in [0.3, 0.4) is 0 Å². The van der Waals surface area contributed by atoms with Gasteiger partial charge in [0.2, 0.25) is 5.91 Å². The molecule has 0 heterocycles. The van der Waals surface area contributed by atoms with E-state index < -0.39 is 24.2 Å². The van der Waals surface area contributed by atoms with Gasteiger partial charge in [0.25, 0.3) is 0 Å². The van der Waals surface area contributed by atoms with E-state index >= 15 is 0 Å². The average molecular weight is 606 g/mol. The summed E-state index contributed by atoms with van der Waals surface area (Å²) in [5, 5.41) is 32.9. The number of hydrogen-bond donors (Lipinski definition) is 4. The van der Waals surface area contributed by atoms with Crippen LogP contribution in [0.2, 0.25) is 0 Å². The Kier molecular flexibility index (Phi) is 32.3. The molecule has 0 spiro atoms. The van der Waals surface area contributed by atoms with Gasteiger partial charge in [0.1, 0.15) is 6.10 Å². The van der Waals surface area contributed by atoms with Crippen molar-refractivity contribution in [2.45, 2.75) is 193 Å². The molecule has 0 saturated carbocycles. The van der Waals surface area contributed by atoms with E-state index in [4.69, 9.17) is 0 Å². The molecule has 0 rings (SSSR count). The molecule has 5 heteroatoms. The van der Waals surface area contributed by atoms with Crippen LogP contribution in [0.15, 0.2) is 36.5 Å². The van der Waals surface area contributed by atoms with Crippen molar-refractivity contribution in [1.82, 2.24) is 5.32 Å². The monoisotopic (exact) mass is 606 g/mol. The lowest BCUT2D eigenvalue weighted by molar-refractivity contribution is -0.131. The molecule has 0 fully saturated rings. The molecular weight excluding hydrogens is 534 g/mol. The van der Waals surface area contributed by atoms with Crippen molar-refractivity contribution in [3.63, 3.8) is 0 Å². The van der Waals surface area contributed by atoms with Crippen molar-refractivity contribution >= 4 is 5.91 Å². The summed E-state index contributed by atoms with van der Waals surface area (Å²) in [5.74, 6) is -0.520. The smallest absolute Gasteiger partial charge is 0.249 e. The lowest BCUT2D eigenvalue weighted by atomic mass is 10.0. The van der Waals surface area contributed by atoms with Crippen LogP contribution in [-0.2, 0) is 4.79 Å². The fourth-order valence-corrected chi connectivity index (χ4v) is 5.27. The van der Waals surface area contributed by atoms with Gasteiger partial charge in [-0.3, -0.25) is 4.79 Å². The Labute approximate surface area is 266 Å². The van der Waals surface area contributed by atoms with Crippen molar-refractivity contribution < 1.29 is 20.1 Å². The number of aliphatic hydroxyl groups is 3. The molecule has 0 aromatic rings. The number of rotatable bonds is 32. The quantitative estimate of drug-likeness (QED) is 0.0454. The Bertz CT molecular complexity index is 675. The van der Waals surface area contributed by atoms with E-state index in [1.165, 1.54) is 109 Å². The van der Waals surface area contributed by atoms with Gasteiger partial charge in [0.15, 0.2) is 0 Å². The number of nitrogens with one attached hydrogen (secondary N) is 1. The lowest BCUT2D eigenvalue weighted by Gasteiger charge is -2.21. The van der Waals surface area contributed by atoms with Crippen LogP contribution in [0, 0.1) is 0 Å². The first-order valence-electron chi connectivity index (χ1n) is 18.3. The third-order valence-electron chi connectivity index (χ3n) is 8.21. The van der Waals surface area contributed by atoms with Crippen LogP contribution < -0.4 is 5.32 Å². The van der Waals surface area contributed by atoms with E-state index in [9.17, 15) is 20.1 Å². The summed E-state index contributed by atoms with van der Waals surface area (Å²) < 4.78 is 0. The molecule has 5 nitrogen and oxygen atoms in total. The Morgan fingerprint density at radius 2 is 0.953 bits per heavy atom. The second-order valence-corrected chi connectivity index (χ2v) is 12.4. The minimum atomic E-state index is -1.10. The van der Waals surface area contributed by atoms with Gasteiger partial charge < -0.3 is 20.6 Å². The molecule has 3 unspecified atom stereocenters. The number of amides is 1. The number of carbonyl (C=O) groups excluding carboxylic acids is 1. The third kappa shape index (κ3) is 29.1. The third-order valence-corrected chi connectivity index (χ3v) is 8.21. The highest BCUT2D eigenvalue weighted by Crippen LogP contribution is 2.13. The van der Waals surface area contributed by atoms with Gasteiger partial charge in [-0.25, -0.2) is 0 Å². The predicted octanol–water partition coefficient (Wildman–Crippen LogP) is 9.65. The summed E-state index contributed by atoms with van der Waals surface area (Å²) in [6.45, 7) is 4.13. The number of aliphatic hydroxyl groups excluding tert-OH is 3. The summed E-state index contributed by atoms with van der Waals surface area (Å²) in [5.41, 5.74) is 0. The molecule has 0 aromatic carbocycles. The van der Waals surface area contributed by atoms with Gasteiger partial charge in [-0.2, -0.15) is 0 Å². The van der Waals surface area contributed by atoms with Gasteiger partial charge in [-0.1, -0.05) is 166 Å². The van der Waals surface area contributed by atoms with E-state index in [1.807, 2.05) is 6.08 Å². The van der Waals surface area contributed by atoms with E-state index in [-0.39, 0.29) is 6.61 Å². The van der Waals surface area contributed by atoms with Crippen LogP contribution in [-0.4, -0.2) is 46.1 Å². The normalized spacial score (nSPS) is 14.3. The number of unbranched alkanes of at least 4 members (excludes halogenated alkanes) is 20. The Balaban J connectivity index is 3.83. The van der Waals surface area contributed by atoms with E-state index in [0.29, 0.717) is 6.42 Å². The Morgan fingerprint density at radius 3 is 1.42 bits per heavy atom. The summed E-state index contributed by atoms with van der Waals surface area (Å²) >= 11 is 0. The maximum Gasteiger partial charge on any atom is 0.249 e. The first-order valence-corrected chi connectivity index (χ1v) is 18.3. The second kappa shape index (κ2) is 33.5. The van der Waals surface area contributed by atoms with Gasteiger partial charge in [0.05, 0.1) is 18.8 Å². The molecule has 43 heavy (non-hydrogen) atoms. The molecule has 0 aromatic heterocycles. The minimum absolute atomic E-state index is 0.380. The topological polar surface area (TPSA) is 89.8 Å². The van der Waals surface area contributed by atoms with Crippen molar-refractivity contribution in [2.24, 2.45) is 0 Å². The lowest BCUT2D eigenvalue weighted by Crippen LogP contribution is -2.48. The molecule has 1 amide bonds. The van der Waals surface area contributed by atoms with E-state index in [1.54, 1.807) is 6.08 Å². The minimum Gasteiger partial charge on any atom is -0.394 e. The zero-order valence-electron chi connectivity index (χ0n) is 28.3. The van der Waals surface area contributed by atoms with Gasteiger partial charge in [-0.15, -0.1) is 0 Å². The van der Waals surface area contributed by atoms with Gasteiger partial charge in [0, 0.05) is 0 Å². The summed E-state index contributed by atoms with van der Waals surface area (Å²) in [4.78, 5) is 12.4. The van der Waals surface area contributed by atoms with Crippen molar-refractivity contribution in [1.29, 1.82) is 0 Å². The molecule has 0 saturated heterocycles. The first-order chi connectivity index (χ1) is 21.1. The summed E-state index contributed by atoms with van der Waals surface area (Å²) in [7, 11) is 0. The SMILES string of the molecule is CCCCCCCCCC/C=C/CC/C=C/CC/C=C/C(O)C(CO)NC(=O)C(O)CCCCCCCCCCCCC. The molecule has 0 bridgehead atoms. The number of allylic oxidation sites excluding steroid dienone is 5. The number of carbonyl (C=O) groups is 1. The van der Waals surface area contributed by atoms with Crippen molar-refractivity contribution in [2.75, 3.05) is 6.61 Å². The van der Waals surface area contributed by atoms with Crippen LogP contribution in [0.4, 0.5) is 0 Å². The molecule has 0 aliphatic rings. The largest absolute Gasteiger partial charge is 0.394 e. The maximum absolute atomic E-state index is 12.4. The summed E-state index contributed by atoms with van der Waals surface area (Å²) in [6, 6.07) is -0.816. The molecule has 0 radical (unpaired) electrons. The van der Waals surface area contributed by atoms with Crippen LogP contribution >= 0.6 is 0 Å². The second-order valence-electron chi connectivity index (χ2n) is 12.4. The van der Waals surface area contributed by atoms with E-state index in [0.717, 1.165) is 44.9 Å². The first kappa shape index (κ1) is 41.6. The molecular formula is C38H71NO4. The van der Waals surface area contributed by atoms with Gasteiger partial charge >= 0.3 is 0 Å². The fraction of sp³-hybridized carbons (Fsp3) is 0.816. The van der Waals surface area contributed by atoms with Crippen LogP contribution in [0.1, 0.15) is 174 Å². The zero-order chi connectivity index (χ0) is 31.6. The molecule has 252 valence electrons. The zero-order valence-corrected chi connectivity index (χ0v) is 28.3. The molecule has 0 aliphatic carbocycles. The predicted molar refractivity (Wildman–Crippen MR) is 185 cm³/mol. The van der Waals surface area contributed by atoms with Crippen LogP contribution in [0.5, 0.6) is 0 Å². The Hall–Kier alpha value is -1.43. The highest BCUT2D eigenvalue weighted by molar-refractivity contribution is 5.80. The maximum atomic E-state index is 12.4. The Morgan fingerprint density at radius 1 is 0.558 bits per heavy atom. The number of hydrogen-bond acceptors (Lipinski definition) is 4. The van der Waals surface area contributed by atoms with E-state index in [2.05, 4.69) is 43.5 Å². The fourth-order valence-electron chi connectivity index (χ4n) is 5.27. The average Bonchev–Trinajstić information content (AvgIpc) is 3.01. The molecule has 4 N–H and O–H groups in total. The van der Waals surface area contributed by atoms with Gasteiger partial charge in [-0.05, 0) is 44.9 Å². The highest BCUT2D eigenvalue weighted by Gasteiger charge is 2.22. The summed E-state index contributed by atoms with van der Waals surface area (Å²) in [6.07, 6.45) is 40.2. The molecule has 0 aliphatic heterocycles. The highest BCUT2D eigenvalue weighted by atomic mass is 16.3. The molecule has 3 atom stereocenters.